The average Bonchev–Trinajstić information content (AvgIpc) is 2.86. The molecule has 2 rings (SSSR count). The first-order valence-electron chi connectivity index (χ1n) is 12.7. The van der Waals surface area contributed by atoms with Crippen molar-refractivity contribution in [1.29, 1.82) is 0 Å². The molecule has 0 aliphatic heterocycles. The summed E-state index contributed by atoms with van der Waals surface area (Å²) in [7, 11) is 0. The monoisotopic (exact) mass is 516 g/mol. The van der Waals surface area contributed by atoms with Gasteiger partial charge in [-0.1, -0.05) is 92.2 Å². The molecular formula is C31H46ClFN2O. The van der Waals surface area contributed by atoms with Gasteiger partial charge >= 0.3 is 0 Å². The molecule has 0 fully saturated rings. The number of hydrogen-bond donors (Lipinski definition) is 2. The minimum absolute atomic E-state index is 0.424. The second kappa shape index (κ2) is 18.8. The van der Waals surface area contributed by atoms with Crippen molar-refractivity contribution in [2.24, 2.45) is 5.73 Å². The summed E-state index contributed by atoms with van der Waals surface area (Å²) < 4.78 is 12.2. The summed E-state index contributed by atoms with van der Waals surface area (Å²) in [5, 5.41) is 9.10. The van der Waals surface area contributed by atoms with E-state index in [4.69, 9.17) is 22.4 Å². The molecule has 0 aliphatic rings. The van der Waals surface area contributed by atoms with E-state index in [-0.39, 0.29) is 0 Å². The molecule has 2 aromatic carbocycles. The van der Waals surface area contributed by atoms with E-state index in [9.17, 15) is 4.39 Å². The van der Waals surface area contributed by atoms with Crippen molar-refractivity contribution in [1.82, 2.24) is 4.90 Å². The summed E-state index contributed by atoms with van der Waals surface area (Å²) in [6, 6.07) is 16.7. The molecule has 0 spiro atoms. The molecule has 0 aromatic heterocycles. The maximum Gasteiger partial charge on any atom is 0.161 e. The summed E-state index contributed by atoms with van der Waals surface area (Å²) in [5.74, 6) is -0.424. The molecule has 0 aliphatic carbocycles. The number of aliphatic hydroxyl groups is 1. The van der Waals surface area contributed by atoms with Gasteiger partial charge in [0.25, 0.3) is 0 Å². The lowest BCUT2D eigenvalue weighted by molar-refractivity contribution is 0.180. The lowest BCUT2D eigenvalue weighted by atomic mass is 10.1. The fourth-order valence-corrected chi connectivity index (χ4v) is 3.35. The largest absolute Gasteiger partial charge is 0.510 e. The van der Waals surface area contributed by atoms with Gasteiger partial charge in [0.15, 0.2) is 5.67 Å². The van der Waals surface area contributed by atoms with Crippen LogP contribution >= 0.6 is 11.6 Å². The van der Waals surface area contributed by atoms with Gasteiger partial charge in [-0.3, -0.25) is 4.90 Å². The van der Waals surface area contributed by atoms with Crippen LogP contribution in [-0.4, -0.2) is 22.2 Å². The highest BCUT2D eigenvalue weighted by Gasteiger charge is 2.18. The Morgan fingerprint density at radius 3 is 2.11 bits per heavy atom. The number of rotatable bonds is 11. The van der Waals surface area contributed by atoms with Crippen LogP contribution in [-0.2, 0) is 19.6 Å². The molecule has 0 heterocycles. The molecule has 0 amide bonds. The number of alkyl halides is 1. The Hall–Kier alpha value is -2.40. The van der Waals surface area contributed by atoms with E-state index < -0.39 is 11.4 Å². The minimum Gasteiger partial charge on any atom is -0.510 e. The Kier molecular flexibility index (Phi) is 17.6. The van der Waals surface area contributed by atoms with E-state index in [1.807, 2.05) is 26.0 Å². The predicted octanol–water partition coefficient (Wildman–Crippen LogP) is 8.94. The standard InChI is InChI=1S/C24H31ClN2.C5H9FO.C2H6/c1-3-7-20(4-2)10-6-15-27(18-21-11-13-24(25)14-12-21)19-23-9-5-8-22(16-23)17-26;1-4(7)5(2,3)6;1-2/h3-5,7-9,11-14,16H,6,10,15,17-19,26H2,1-2H3;7H,1H2,2-3H3;1-2H3/b7-3-,20-4+;;. The van der Waals surface area contributed by atoms with Crippen LogP contribution in [0.25, 0.3) is 0 Å². The third-order valence-corrected chi connectivity index (χ3v) is 5.58. The highest BCUT2D eigenvalue weighted by molar-refractivity contribution is 6.30. The van der Waals surface area contributed by atoms with Gasteiger partial charge in [-0.25, -0.2) is 4.39 Å². The highest BCUT2D eigenvalue weighted by atomic mass is 35.5. The summed E-state index contributed by atoms with van der Waals surface area (Å²) in [6.07, 6.45) is 8.75. The third kappa shape index (κ3) is 14.9. The zero-order valence-corrected chi connectivity index (χ0v) is 23.8. The van der Waals surface area contributed by atoms with Gasteiger partial charge in [0.1, 0.15) is 5.76 Å². The van der Waals surface area contributed by atoms with Crippen LogP contribution in [0.2, 0.25) is 5.02 Å². The molecule has 3 N–H and O–H groups in total. The quantitative estimate of drug-likeness (QED) is 0.231. The number of nitrogens with two attached hydrogens (primary N) is 1. The van der Waals surface area contributed by atoms with Gasteiger partial charge in [0.2, 0.25) is 0 Å². The second-order valence-corrected chi connectivity index (χ2v) is 9.18. The molecule has 0 bridgehead atoms. The van der Waals surface area contributed by atoms with E-state index in [1.54, 1.807) is 0 Å². The molecule has 0 atom stereocenters. The summed E-state index contributed by atoms with van der Waals surface area (Å²) in [4.78, 5) is 2.50. The number of benzene rings is 2. The van der Waals surface area contributed by atoms with Crippen LogP contribution in [0.1, 0.15) is 71.1 Å². The lowest BCUT2D eigenvalue weighted by Crippen LogP contribution is -2.24. The molecule has 200 valence electrons. The lowest BCUT2D eigenvalue weighted by Gasteiger charge is -2.23. The highest BCUT2D eigenvalue weighted by Crippen LogP contribution is 2.17. The van der Waals surface area contributed by atoms with Crippen LogP contribution in [0, 0.1) is 0 Å². The normalized spacial score (nSPS) is 11.6. The van der Waals surface area contributed by atoms with Gasteiger partial charge < -0.3 is 10.8 Å². The van der Waals surface area contributed by atoms with E-state index in [2.05, 4.69) is 80.0 Å². The Morgan fingerprint density at radius 1 is 1.06 bits per heavy atom. The van der Waals surface area contributed by atoms with Gasteiger partial charge in [-0.05, 0) is 75.9 Å². The van der Waals surface area contributed by atoms with Crippen molar-refractivity contribution in [3.63, 3.8) is 0 Å². The van der Waals surface area contributed by atoms with Gasteiger partial charge in [-0.15, -0.1) is 0 Å². The van der Waals surface area contributed by atoms with Crippen molar-refractivity contribution < 1.29 is 9.50 Å². The topological polar surface area (TPSA) is 49.5 Å². The number of halogens is 2. The van der Waals surface area contributed by atoms with Crippen LogP contribution in [0.4, 0.5) is 4.39 Å². The van der Waals surface area contributed by atoms with Gasteiger partial charge in [-0.2, -0.15) is 0 Å². The maximum absolute atomic E-state index is 12.2. The second-order valence-electron chi connectivity index (χ2n) is 8.75. The van der Waals surface area contributed by atoms with Crippen molar-refractivity contribution in [2.45, 2.75) is 79.7 Å². The van der Waals surface area contributed by atoms with Crippen molar-refractivity contribution >= 4 is 11.6 Å². The zero-order valence-electron chi connectivity index (χ0n) is 23.0. The van der Waals surface area contributed by atoms with Crippen molar-refractivity contribution in [3.8, 4) is 0 Å². The smallest absolute Gasteiger partial charge is 0.161 e. The minimum atomic E-state index is -1.64. The molecular weight excluding hydrogens is 471 g/mol. The number of nitrogens with zero attached hydrogens (tertiary/aromatic N) is 1. The summed E-state index contributed by atoms with van der Waals surface area (Å²) in [6.45, 7) is 17.1. The van der Waals surface area contributed by atoms with Crippen LogP contribution in [0.3, 0.4) is 0 Å². The SMILES string of the molecule is C/C=C\C(=C/C)CCCN(Cc1ccc(Cl)cc1)Cc1cccc(CN)c1.C=C(O)C(C)(C)F.CC. The summed E-state index contributed by atoms with van der Waals surface area (Å²) in [5.41, 5.74) is 9.35. The molecule has 0 unspecified atom stereocenters. The third-order valence-electron chi connectivity index (χ3n) is 5.33. The molecule has 2 aromatic rings. The molecule has 0 saturated heterocycles. The summed E-state index contributed by atoms with van der Waals surface area (Å²) >= 11 is 6.04. The predicted molar refractivity (Wildman–Crippen MR) is 156 cm³/mol. The van der Waals surface area contributed by atoms with Crippen LogP contribution in [0.5, 0.6) is 0 Å². The molecule has 3 nitrogen and oxygen atoms in total. The Labute approximate surface area is 224 Å². The number of aliphatic hydroxyl groups excluding tert-OH is 1. The fraction of sp³-hybridized carbons (Fsp3) is 0.419. The zero-order chi connectivity index (χ0) is 27.6. The van der Waals surface area contributed by atoms with E-state index >= 15 is 0 Å². The number of allylic oxidation sites excluding steroid dienone is 5. The van der Waals surface area contributed by atoms with E-state index in [0.717, 1.165) is 37.5 Å². The molecule has 0 radical (unpaired) electrons. The maximum atomic E-state index is 12.2. The van der Waals surface area contributed by atoms with Gasteiger partial charge in [0, 0.05) is 24.7 Å². The van der Waals surface area contributed by atoms with Crippen molar-refractivity contribution in [3.05, 3.63) is 106 Å². The van der Waals surface area contributed by atoms with Gasteiger partial charge in [0.05, 0.1) is 0 Å². The Balaban J connectivity index is 0.00000117. The van der Waals surface area contributed by atoms with Crippen molar-refractivity contribution in [2.75, 3.05) is 6.54 Å². The van der Waals surface area contributed by atoms with E-state index in [1.165, 1.54) is 36.1 Å². The molecule has 5 heteroatoms. The molecule has 0 saturated carbocycles. The van der Waals surface area contributed by atoms with Crippen LogP contribution < -0.4 is 5.73 Å². The van der Waals surface area contributed by atoms with Crippen LogP contribution in [0.15, 0.2) is 84.7 Å². The Bertz CT molecular complexity index is 930. The first kappa shape index (κ1) is 33.6. The Morgan fingerprint density at radius 2 is 1.61 bits per heavy atom. The molecule has 36 heavy (non-hydrogen) atoms. The average molecular weight is 517 g/mol. The fourth-order valence-electron chi connectivity index (χ4n) is 3.22. The first-order valence-corrected chi connectivity index (χ1v) is 13.1. The van der Waals surface area contributed by atoms with E-state index in [0.29, 0.717) is 6.54 Å². The number of hydrogen-bond acceptors (Lipinski definition) is 3. The first-order chi connectivity index (χ1) is 17.1.